The summed E-state index contributed by atoms with van der Waals surface area (Å²) in [6.45, 7) is 5.65. The highest BCUT2D eigenvalue weighted by atomic mass is 35.5. The van der Waals surface area contributed by atoms with Crippen LogP contribution in [-0.2, 0) is 22.6 Å². The molecule has 0 saturated carbocycles. The van der Waals surface area contributed by atoms with E-state index in [-0.39, 0.29) is 41.6 Å². The summed E-state index contributed by atoms with van der Waals surface area (Å²) in [7, 11) is 0. The van der Waals surface area contributed by atoms with Gasteiger partial charge in [-0.25, -0.2) is 4.39 Å². The highest BCUT2D eigenvalue weighted by molar-refractivity contribution is 5.97. The maximum atomic E-state index is 14.7. The Balaban J connectivity index is 0.00000243. The van der Waals surface area contributed by atoms with Crippen molar-refractivity contribution >= 4 is 29.9 Å². The van der Waals surface area contributed by atoms with Gasteiger partial charge in [0.2, 0.25) is 11.8 Å². The second-order valence-corrected chi connectivity index (χ2v) is 7.18. The number of likely N-dealkylation sites (tertiary alicyclic amines) is 1. The molecule has 3 rings (SSSR count). The van der Waals surface area contributed by atoms with Crippen molar-refractivity contribution in [2.24, 2.45) is 5.92 Å². The van der Waals surface area contributed by atoms with E-state index in [1.165, 1.54) is 0 Å². The van der Waals surface area contributed by atoms with Gasteiger partial charge in [-0.3, -0.25) is 9.59 Å². The Bertz CT molecular complexity index is 681. The smallest absolute Gasteiger partial charge is 0.247 e. The van der Waals surface area contributed by atoms with E-state index in [1.807, 2.05) is 19.9 Å². The zero-order valence-corrected chi connectivity index (χ0v) is 16.1. The minimum atomic E-state index is -0.513. The first-order valence-corrected chi connectivity index (χ1v) is 9.11. The van der Waals surface area contributed by atoms with Gasteiger partial charge in [-0.05, 0) is 49.4 Å². The normalized spacial score (nSPS) is 19.5. The van der Waals surface area contributed by atoms with Crippen LogP contribution in [0.3, 0.4) is 0 Å². The molecule has 0 spiro atoms. The van der Waals surface area contributed by atoms with E-state index in [0.717, 1.165) is 24.9 Å². The molecule has 0 aromatic heterocycles. The molecule has 26 heavy (non-hydrogen) atoms. The van der Waals surface area contributed by atoms with Crippen LogP contribution in [0.4, 0.5) is 10.1 Å². The first-order chi connectivity index (χ1) is 12.0. The molecule has 1 fully saturated rings. The van der Waals surface area contributed by atoms with Crippen molar-refractivity contribution in [3.05, 3.63) is 29.1 Å². The number of carbonyl (C=O) groups excluding carboxylic acids is 2. The molecule has 5 nitrogen and oxygen atoms in total. The van der Waals surface area contributed by atoms with Gasteiger partial charge in [0.15, 0.2) is 0 Å². The van der Waals surface area contributed by atoms with Gasteiger partial charge in [-0.1, -0.05) is 19.9 Å². The van der Waals surface area contributed by atoms with Crippen LogP contribution in [0.2, 0.25) is 0 Å². The number of piperidine rings is 1. The average Bonchev–Trinajstić information content (AvgIpc) is 2.63. The van der Waals surface area contributed by atoms with E-state index in [2.05, 4.69) is 10.6 Å². The minimum absolute atomic E-state index is 0. The lowest BCUT2D eigenvalue weighted by molar-refractivity contribution is -0.142. The Labute approximate surface area is 160 Å². The molecule has 2 aliphatic rings. The van der Waals surface area contributed by atoms with Gasteiger partial charge in [0, 0.05) is 19.0 Å². The van der Waals surface area contributed by atoms with Crippen molar-refractivity contribution < 1.29 is 14.0 Å². The summed E-state index contributed by atoms with van der Waals surface area (Å²) in [5.41, 5.74) is 1.83. The SMILES string of the molecule is CC(C)C(=O)N1CCCCC1C(=O)Nc1ccc2c(c1F)CCNC2.Cl. The van der Waals surface area contributed by atoms with E-state index in [4.69, 9.17) is 0 Å². The van der Waals surface area contributed by atoms with Crippen molar-refractivity contribution in [3.8, 4) is 0 Å². The molecule has 2 aliphatic heterocycles. The Morgan fingerprint density at radius 3 is 2.81 bits per heavy atom. The molecule has 2 heterocycles. The van der Waals surface area contributed by atoms with Crippen molar-refractivity contribution in [1.29, 1.82) is 0 Å². The Kier molecular flexibility index (Phi) is 7.01. The van der Waals surface area contributed by atoms with Crippen molar-refractivity contribution in [1.82, 2.24) is 10.2 Å². The van der Waals surface area contributed by atoms with Crippen LogP contribution in [0, 0.1) is 11.7 Å². The van der Waals surface area contributed by atoms with Crippen LogP contribution < -0.4 is 10.6 Å². The first kappa shape index (κ1) is 20.6. The summed E-state index contributed by atoms with van der Waals surface area (Å²) >= 11 is 0. The zero-order chi connectivity index (χ0) is 18.0. The predicted octanol–water partition coefficient (Wildman–Crippen LogP) is 2.87. The highest BCUT2D eigenvalue weighted by Gasteiger charge is 2.33. The molecular formula is C19H27ClFN3O2. The van der Waals surface area contributed by atoms with Crippen molar-refractivity contribution in [2.45, 2.75) is 52.1 Å². The molecule has 1 atom stereocenters. The molecule has 0 radical (unpaired) electrons. The van der Waals surface area contributed by atoms with Crippen molar-refractivity contribution in [3.63, 3.8) is 0 Å². The van der Waals surface area contributed by atoms with E-state index in [9.17, 15) is 14.0 Å². The van der Waals surface area contributed by atoms with Gasteiger partial charge in [-0.2, -0.15) is 0 Å². The summed E-state index contributed by atoms with van der Waals surface area (Å²) in [4.78, 5) is 26.8. The predicted molar refractivity (Wildman–Crippen MR) is 102 cm³/mol. The van der Waals surface area contributed by atoms with Crippen LogP contribution in [0.25, 0.3) is 0 Å². The number of hydrogen-bond donors (Lipinski definition) is 2. The molecule has 2 amide bonds. The van der Waals surface area contributed by atoms with Crippen LogP contribution in [-0.4, -0.2) is 35.8 Å². The Morgan fingerprint density at radius 2 is 2.08 bits per heavy atom. The lowest BCUT2D eigenvalue weighted by Crippen LogP contribution is -2.51. The van der Waals surface area contributed by atoms with Crippen LogP contribution in [0.15, 0.2) is 12.1 Å². The van der Waals surface area contributed by atoms with Gasteiger partial charge in [-0.15, -0.1) is 12.4 Å². The Morgan fingerprint density at radius 1 is 1.31 bits per heavy atom. The number of rotatable bonds is 3. The number of carbonyl (C=O) groups is 2. The third-order valence-electron chi connectivity index (χ3n) is 5.05. The zero-order valence-electron chi connectivity index (χ0n) is 15.3. The lowest BCUT2D eigenvalue weighted by Gasteiger charge is -2.36. The van der Waals surface area contributed by atoms with Gasteiger partial charge >= 0.3 is 0 Å². The quantitative estimate of drug-likeness (QED) is 0.843. The van der Waals surface area contributed by atoms with Crippen molar-refractivity contribution in [2.75, 3.05) is 18.4 Å². The lowest BCUT2D eigenvalue weighted by atomic mass is 9.98. The topological polar surface area (TPSA) is 61.4 Å². The van der Waals surface area contributed by atoms with E-state index in [1.54, 1.807) is 11.0 Å². The molecule has 7 heteroatoms. The highest BCUT2D eigenvalue weighted by Crippen LogP contribution is 2.26. The molecular weight excluding hydrogens is 357 g/mol. The van der Waals surface area contributed by atoms with Gasteiger partial charge in [0.1, 0.15) is 11.9 Å². The standard InChI is InChI=1S/C19H26FN3O2.ClH/c1-12(2)19(25)23-10-4-3-5-16(23)18(24)22-15-7-6-13-11-21-9-8-14(13)17(15)20;/h6-7,12,16,21H,3-5,8-11H2,1-2H3,(H,22,24);1H. The van der Waals surface area contributed by atoms with E-state index < -0.39 is 6.04 Å². The number of anilines is 1. The third kappa shape index (κ3) is 4.18. The number of fused-ring (bicyclic) bond motifs is 1. The summed E-state index contributed by atoms with van der Waals surface area (Å²) < 4.78 is 14.7. The fourth-order valence-electron chi connectivity index (χ4n) is 3.65. The molecule has 1 aromatic carbocycles. The van der Waals surface area contributed by atoms with Crippen LogP contribution >= 0.6 is 12.4 Å². The molecule has 1 aromatic rings. The fraction of sp³-hybridized carbons (Fsp3) is 0.579. The molecule has 2 N–H and O–H groups in total. The number of amides is 2. The monoisotopic (exact) mass is 383 g/mol. The largest absolute Gasteiger partial charge is 0.330 e. The third-order valence-corrected chi connectivity index (χ3v) is 5.05. The molecule has 1 saturated heterocycles. The number of nitrogens with one attached hydrogen (secondary N) is 2. The first-order valence-electron chi connectivity index (χ1n) is 9.11. The van der Waals surface area contributed by atoms with E-state index >= 15 is 0 Å². The average molecular weight is 384 g/mol. The second-order valence-electron chi connectivity index (χ2n) is 7.18. The second kappa shape index (κ2) is 8.82. The minimum Gasteiger partial charge on any atom is -0.330 e. The number of hydrogen-bond acceptors (Lipinski definition) is 3. The maximum absolute atomic E-state index is 14.7. The number of benzene rings is 1. The van der Waals surface area contributed by atoms with Gasteiger partial charge < -0.3 is 15.5 Å². The number of nitrogens with zero attached hydrogens (tertiary/aromatic N) is 1. The number of halogens is 2. The van der Waals surface area contributed by atoms with Crippen LogP contribution in [0.5, 0.6) is 0 Å². The molecule has 1 unspecified atom stereocenters. The van der Waals surface area contributed by atoms with Gasteiger partial charge in [0.05, 0.1) is 5.69 Å². The molecule has 0 bridgehead atoms. The summed E-state index contributed by atoms with van der Waals surface area (Å²) in [5.74, 6) is -0.801. The Hall–Kier alpha value is -1.66. The summed E-state index contributed by atoms with van der Waals surface area (Å²) in [6.07, 6.45) is 3.05. The van der Waals surface area contributed by atoms with Crippen LogP contribution in [0.1, 0.15) is 44.2 Å². The summed E-state index contributed by atoms with van der Waals surface area (Å²) in [5, 5.41) is 5.94. The summed E-state index contributed by atoms with van der Waals surface area (Å²) in [6, 6.07) is 2.97. The van der Waals surface area contributed by atoms with E-state index in [0.29, 0.717) is 31.5 Å². The molecule has 0 aliphatic carbocycles. The van der Waals surface area contributed by atoms with Gasteiger partial charge in [0.25, 0.3) is 0 Å². The molecule has 144 valence electrons. The fourth-order valence-corrected chi connectivity index (χ4v) is 3.65. The maximum Gasteiger partial charge on any atom is 0.247 e.